The van der Waals surface area contributed by atoms with Crippen LogP contribution < -0.4 is 15.5 Å². The molecule has 142 valence electrons. The maximum atomic E-state index is 12.1. The summed E-state index contributed by atoms with van der Waals surface area (Å²) in [5.41, 5.74) is 1.59. The van der Waals surface area contributed by atoms with Crippen LogP contribution in [0.1, 0.15) is 17.3 Å². The molecule has 0 saturated carbocycles. The molecule has 3 rings (SSSR count). The maximum absolute atomic E-state index is 12.1. The molecule has 2 N–H and O–H groups in total. The first kappa shape index (κ1) is 18.7. The van der Waals surface area contributed by atoms with Crippen LogP contribution in [0.4, 0.5) is 22.0 Å². The fourth-order valence-corrected chi connectivity index (χ4v) is 2.64. The van der Waals surface area contributed by atoms with E-state index in [2.05, 4.69) is 20.5 Å². The van der Waals surface area contributed by atoms with Crippen molar-refractivity contribution in [2.45, 2.75) is 6.92 Å². The number of urea groups is 1. The predicted octanol–water partition coefficient (Wildman–Crippen LogP) is 2.74. The second-order valence-corrected chi connectivity index (χ2v) is 5.88. The fourth-order valence-electron chi connectivity index (χ4n) is 2.64. The quantitative estimate of drug-likeness (QED) is 0.786. The second-order valence-electron chi connectivity index (χ2n) is 5.88. The van der Waals surface area contributed by atoms with Crippen LogP contribution in [-0.4, -0.2) is 49.9 Å². The van der Waals surface area contributed by atoms with Gasteiger partial charge in [-0.3, -0.25) is 0 Å². The maximum Gasteiger partial charge on any atom is 0.338 e. The first-order valence-electron chi connectivity index (χ1n) is 8.79. The van der Waals surface area contributed by atoms with Gasteiger partial charge in [0.15, 0.2) is 0 Å². The van der Waals surface area contributed by atoms with Crippen LogP contribution in [0.25, 0.3) is 0 Å². The number of ether oxygens (including phenoxy) is 2. The van der Waals surface area contributed by atoms with E-state index >= 15 is 0 Å². The van der Waals surface area contributed by atoms with Crippen molar-refractivity contribution in [3.05, 3.63) is 48.2 Å². The minimum Gasteiger partial charge on any atom is -0.462 e. The average Bonchev–Trinajstić information content (AvgIpc) is 2.70. The number of carbonyl (C=O) groups excluding carboxylic acids is 2. The lowest BCUT2D eigenvalue weighted by atomic mass is 10.2. The van der Waals surface area contributed by atoms with Gasteiger partial charge >= 0.3 is 12.0 Å². The lowest BCUT2D eigenvalue weighted by molar-refractivity contribution is 0.0526. The van der Waals surface area contributed by atoms with Crippen molar-refractivity contribution < 1.29 is 19.1 Å². The molecule has 0 radical (unpaired) electrons. The molecule has 8 nitrogen and oxygen atoms in total. The summed E-state index contributed by atoms with van der Waals surface area (Å²) >= 11 is 0. The number of hydrogen-bond acceptors (Lipinski definition) is 6. The molecule has 0 unspecified atom stereocenters. The summed E-state index contributed by atoms with van der Waals surface area (Å²) in [6, 6.07) is 9.78. The molecule has 0 atom stereocenters. The van der Waals surface area contributed by atoms with Gasteiger partial charge in [0.2, 0.25) is 0 Å². The van der Waals surface area contributed by atoms with Gasteiger partial charge in [0.1, 0.15) is 5.82 Å². The second kappa shape index (κ2) is 9.00. The van der Waals surface area contributed by atoms with Crippen molar-refractivity contribution in [2.24, 2.45) is 0 Å². The highest BCUT2D eigenvalue weighted by atomic mass is 16.5. The topological polar surface area (TPSA) is 92.8 Å². The third-order valence-corrected chi connectivity index (χ3v) is 3.99. The van der Waals surface area contributed by atoms with E-state index in [1.165, 1.54) is 0 Å². The van der Waals surface area contributed by atoms with Gasteiger partial charge < -0.3 is 25.0 Å². The zero-order valence-electron chi connectivity index (χ0n) is 15.1. The largest absolute Gasteiger partial charge is 0.462 e. The molecule has 0 bridgehead atoms. The van der Waals surface area contributed by atoms with Crippen LogP contribution >= 0.6 is 0 Å². The molecule has 1 aliphatic heterocycles. The Labute approximate surface area is 157 Å². The third kappa shape index (κ3) is 5.18. The molecule has 2 amide bonds. The summed E-state index contributed by atoms with van der Waals surface area (Å²) in [5.74, 6) is 0.471. The number of anilines is 3. The van der Waals surface area contributed by atoms with Crippen LogP contribution in [0.15, 0.2) is 42.6 Å². The molecule has 1 saturated heterocycles. The standard InChI is InChI=1S/C19H22N4O4/c1-2-27-18(24)14-3-5-15(6-4-14)21-19(25)22-16-7-8-17(20-13-16)23-9-11-26-12-10-23/h3-8,13H,2,9-12H2,1H3,(H2,21,22,25). The van der Waals surface area contributed by atoms with Crippen molar-refractivity contribution in [1.82, 2.24) is 4.98 Å². The average molecular weight is 370 g/mol. The van der Waals surface area contributed by atoms with Crippen LogP contribution in [-0.2, 0) is 9.47 Å². The smallest absolute Gasteiger partial charge is 0.338 e. The normalized spacial score (nSPS) is 13.7. The van der Waals surface area contributed by atoms with Gasteiger partial charge in [-0.15, -0.1) is 0 Å². The summed E-state index contributed by atoms with van der Waals surface area (Å²) in [6.07, 6.45) is 1.62. The molecule has 1 aliphatic rings. The highest BCUT2D eigenvalue weighted by Gasteiger charge is 2.12. The first-order chi connectivity index (χ1) is 13.2. The fraction of sp³-hybridized carbons (Fsp3) is 0.316. The van der Waals surface area contributed by atoms with E-state index in [9.17, 15) is 9.59 Å². The molecule has 27 heavy (non-hydrogen) atoms. The van der Waals surface area contributed by atoms with Gasteiger partial charge in [-0.05, 0) is 43.3 Å². The zero-order chi connectivity index (χ0) is 19.1. The number of hydrogen-bond donors (Lipinski definition) is 2. The molecule has 2 heterocycles. The molecule has 0 spiro atoms. The number of aromatic nitrogens is 1. The van der Waals surface area contributed by atoms with Crippen molar-refractivity contribution in [3.8, 4) is 0 Å². The number of rotatable bonds is 5. The lowest BCUT2D eigenvalue weighted by Gasteiger charge is -2.27. The molecule has 1 fully saturated rings. The van der Waals surface area contributed by atoms with E-state index in [0.717, 1.165) is 18.9 Å². The van der Waals surface area contributed by atoms with E-state index in [-0.39, 0.29) is 12.0 Å². The molecular weight excluding hydrogens is 348 g/mol. The lowest BCUT2D eigenvalue weighted by Crippen LogP contribution is -2.36. The number of benzene rings is 1. The van der Waals surface area contributed by atoms with E-state index < -0.39 is 0 Å². The molecule has 1 aromatic heterocycles. The summed E-state index contributed by atoms with van der Waals surface area (Å²) in [5, 5.41) is 5.44. The summed E-state index contributed by atoms with van der Waals surface area (Å²) in [6.45, 7) is 5.07. The van der Waals surface area contributed by atoms with Crippen LogP contribution in [0.3, 0.4) is 0 Å². The monoisotopic (exact) mass is 370 g/mol. The Kier molecular flexibility index (Phi) is 6.22. The number of esters is 1. The van der Waals surface area contributed by atoms with Gasteiger partial charge in [0.25, 0.3) is 0 Å². The van der Waals surface area contributed by atoms with Gasteiger partial charge in [-0.1, -0.05) is 0 Å². The highest BCUT2D eigenvalue weighted by molar-refractivity contribution is 6.00. The summed E-state index contributed by atoms with van der Waals surface area (Å²) in [7, 11) is 0. The summed E-state index contributed by atoms with van der Waals surface area (Å²) in [4.78, 5) is 30.3. The Morgan fingerprint density at radius 1 is 1.07 bits per heavy atom. The van der Waals surface area contributed by atoms with E-state index in [4.69, 9.17) is 9.47 Å². The number of pyridine rings is 1. The number of carbonyl (C=O) groups is 2. The van der Waals surface area contributed by atoms with Gasteiger partial charge in [-0.2, -0.15) is 0 Å². The zero-order valence-corrected chi connectivity index (χ0v) is 15.1. The highest BCUT2D eigenvalue weighted by Crippen LogP contribution is 2.16. The molecule has 0 aliphatic carbocycles. The number of nitrogens with zero attached hydrogens (tertiary/aromatic N) is 2. The minimum absolute atomic E-state index is 0.319. The molecular formula is C19H22N4O4. The Morgan fingerprint density at radius 3 is 2.37 bits per heavy atom. The van der Waals surface area contributed by atoms with Gasteiger partial charge in [0.05, 0.1) is 37.3 Å². The number of morpholine rings is 1. The van der Waals surface area contributed by atoms with E-state index in [0.29, 0.717) is 36.8 Å². The van der Waals surface area contributed by atoms with Crippen LogP contribution in [0, 0.1) is 0 Å². The van der Waals surface area contributed by atoms with Crippen LogP contribution in [0.2, 0.25) is 0 Å². The van der Waals surface area contributed by atoms with Crippen LogP contribution in [0.5, 0.6) is 0 Å². The Bertz CT molecular complexity index is 771. The Hall–Kier alpha value is -3.13. The Morgan fingerprint density at radius 2 is 1.74 bits per heavy atom. The molecule has 8 heteroatoms. The first-order valence-corrected chi connectivity index (χ1v) is 8.79. The van der Waals surface area contributed by atoms with E-state index in [1.54, 1.807) is 43.5 Å². The van der Waals surface area contributed by atoms with Crippen molar-refractivity contribution in [2.75, 3.05) is 48.4 Å². The Balaban J connectivity index is 1.53. The number of nitrogens with one attached hydrogen (secondary N) is 2. The van der Waals surface area contributed by atoms with Gasteiger partial charge in [0, 0.05) is 18.8 Å². The van der Waals surface area contributed by atoms with Crippen molar-refractivity contribution >= 4 is 29.2 Å². The van der Waals surface area contributed by atoms with Gasteiger partial charge in [-0.25, -0.2) is 14.6 Å². The number of amides is 2. The van der Waals surface area contributed by atoms with E-state index in [1.807, 2.05) is 6.07 Å². The van der Waals surface area contributed by atoms with Crippen molar-refractivity contribution in [3.63, 3.8) is 0 Å². The SMILES string of the molecule is CCOC(=O)c1ccc(NC(=O)Nc2ccc(N3CCOCC3)nc2)cc1. The minimum atomic E-state index is -0.389. The molecule has 2 aromatic rings. The predicted molar refractivity (Wildman–Crippen MR) is 102 cm³/mol. The van der Waals surface area contributed by atoms with Crippen molar-refractivity contribution in [1.29, 1.82) is 0 Å². The summed E-state index contributed by atoms with van der Waals surface area (Å²) < 4.78 is 10.3. The third-order valence-electron chi connectivity index (χ3n) is 3.99. The molecule has 1 aromatic carbocycles.